The second-order valence-electron chi connectivity index (χ2n) is 13.7. The predicted octanol–water partition coefficient (Wildman–Crippen LogP) is 14.9. The Morgan fingerprint density at radius 2 is 0.778 bits per heavy atom. The molecule has 1 aromatic heterocycles. The van der Waals surface area contributed by atoms with Crippen LogP contribution in [0.3, 0.4) is 0 Å². The van der Waals surface area contributed by atoms with Gasteiger partial charge < -0.3 is 9.32 Å². The smallest absolute Gasteiger partial charge is 0.136 e. The van der Waals surface area contributed by atoms with Crippen molar-refractivity contribution in [1.82, 2.24) is 0 Å². The van der Waals surface area contributed by atoms with Gasteiger partial charge in [0.05, 0.1) is 0 Å². The molecule has 0 aliphatic rings. The number of furan rings is 1. The quantitative estimate of drug-likeness (QED) is 0.166. The molecule has 0 fully saturated rings. The van der Waals surface area contributed by atoms with E-state index in [0.29, 0.717) is 0 Å². The van der Waals surface area contributed by atoms with Gasteiger partial charge in [-0.1, -0.05) is 158 Å². The van der Waals surface area contributed by atoms with E-state index in [9.17, 15) is 0 Å². The Bertz CT molecular complexity index is 2830. The summed E-state index contributed by atoms with van der Waals surface area (Å²) in [6.07, 6.45) is 0. The lowest BCUT2D eigenvalue weighted by Crippen LogP contribution is -2.10. The molecular weight excluding hydrogens is 655 g/mol. The van der Waals surface area contributed by atoms with Crippen molar-refractivity contribution in [2.24, 2.45) is 0 Å². The number of hydrogen-bond donors (Lipinski definition) is 0. The fourth-order valence-corrected chi connectivity index (χ4v) is 7.83. The lowest BCUT2D eigenvalue weighted by molar-refractivity contribution is 0.669. The summed E-state index contributed by atoms with van der Waals surface area (Å²) in [4.78, 5) is 2.36. The molecule has 0 aliphatic heterocycles. The molecule has 9 aromatic carbocycles. The third-order valence-electron chi connectivity index (χ3n) is 10.4. The molecule has 10 aromatic rings. The summed E-state index contributed by atoms with van der Waals surface area (Å²) in [6.45, 7) is 0. The molecule has 0 spiro atoms. The Hall–Kier alpha value is -7.16. The highest BCUT2D eigenvalue weighted by Gasteiger charge is 2.18. The van der Waals surface area contributed by atoms with Crippen molar-refractivity contribution >= 4 is 49.8 Å². The summed E-state index contributed by atoms with van der Waals surface area (Å²) in [5, 5.41) is 4.70. The SMILES string of the molecule is c1ccc(-c2cccc(N(c3ccc(-c4ccc5c(c4)c(-c4ccccc4)cc4oc6ccccc6c45)cc3)c3cccc(-c4ccccc4)c3)c2)cc1. The molecule has 0 saturated heterocycles. The van der Waals surface area contributed by atoms with Crippen LogP contribution >= 0.6 is 0 Å². The van der Waals surface area contributed by atoms with Crippen molar-refractivity contribution in [3.8, 4) is 44.5 Å². The minimum atomic E-state index is 0.909. The molecule has 0 bridgehead atoms. The molecule has 1 heterocycles. The van der Waals surface area contributed by atoms with Crippen LogP contribution in [-0.4, -0.2) is 0 Å². The van der Waals surface area contributed by atoms with Crippen molar-refractivity contribution < 1.29 is 4.42 Å². The van der Waals surface area contributed by atoms with Gasteiger partial charge in [0.15, 0.2) is 0 Å². The second kappa shape index (κ2) is 13.4. The zero-order valence-corrected chi connectivity index (χ0v) is 29.6. The first-order valence-corrected chi connectivity index (χ1v) is 18.4. The summed E-state index contributed by atoms with van der Waals surface area (Å²) < 4.78 is 6.41. The minimum Gasteiger partial charge on any atom is -0.456 e. The topological polar surface area (TPSA) is 16.4 Å². The Balaban J connectivity index is 1.10. The van der Waals surface area contributed by atoms with Crippen LogP contribution in [0.1, 0.15) is 0 Å². The van der Waals surface area contributed by atoms with Gasteiger partial charge in [0.2, 0.25) is 0 Å². The van der Waals surface area contributed by atoms with E-state index < -0.39 is 0 Å². The van der Waals surface area contributed by atoms with Gasteiger partial charge in [-0.05, 0) is 110 Å². The number of para-hydroxylation sites is 1. The van der Waals surface area contributed by atoms with Crippen molar-refractivity contribution in [3.63, 3.8) is 0 Å². The van der Waals surface area contributed by atoms with Crippen molar-refractivity contribution in [2.75, 3.05) is 4.90 Å². The van der Waals surface area contributed by atoms with Crippen LogP contribution in [0.5, 0.6) is 0 Å². The lowest BCUT2D eigenvalue weighted by Gasteiger charge is -2.27. The highest BCUT2D eigenvalue weighted by molar-refractivity contribution is 6.22. The second-order valence-corrected chi connectivity index (χ2v) is 13.7. The van der Waals surface area contributed by atoms with Crippen molar-refractivity contribution in [3.05, 3.63) is 212 Å². The maximum atomic E-state index is 6.41. The van der Waals surface area contributed by atoms with Crippen LogP contribution in [0.2, 0.25) is 0 Å². The molecule has 2 nitrogen and oxygen atoms in total. The van der Waals surface area contributed by atoms with E-state index in [1.165, 1.54) is 49.7 Å². The van der Waals surface area contributed by atoms with Crippen molar-refractivity contribution in [2.45, 2.75) is 0 Å². The van der Waals surface area contributed by atoms with Crippen LogP contribution in [0.15, 0.2) is 217 Å². The number of anilines is 3. The first-order valence-electron chi connectivity index (χ1n) is 18.4. The van der Waals surface area contributed by atoms with Gasteiger partial charge in [-0.2, -0.15) is 0 Å². The summed E-state index contributed by atoms with van der Waals surface area (Å²) in [5.74, 6) is 0. The van der Waals surface area contributed by atoms with Crippen LogP contribution in [0.25, 0.3) is 77.2 Å². The summed E-state index contributed by atoms with van der Waals surface area (Å²) >= 11 is 0. The molecule has 0 radical (unpaired) electrons. The molecule has 0 atom stereocenters. The van der Waals surface area contributed by atoms with Crippen molar-refractivity contribution in [1.29, 1.82) is 0 Å². The third kappa shape index (κ3) is 5.71. The predicted molar refractivity (Wildman–Crippen MR) is 228 cm³/mol. The normalized spacial score (nSPS) is 11.3. The first kappa shape index (κ1) is 31.6. The molecule has 254 valence electrons. The molecule has 2 heteroatoms. The van der Waals surface area contributed by atoms with Gasteiger partial charge in [0.1, 0.15) is 11.2 Å². The monoisotopic (exact) mass is 689 g/mol. The lowest BCUT2D eigenvalue weighted by atomic mass is 9.92. The maximum absolute atomic E-state index is 6.41. The summed E-state index contributed by atoms with van der Waals surface area (Å²) in [7, 11) is 0. The maximum Gasteiger partial charge on any atom is 0.136 e. The zero-order valence-electron chi connectivity index (χ0n) is 29.6. The third-order valence-corrected chi connectivity index (χ3v) is 10.4. The molecule has 0 aliphatic carbocycles. The number of nitrogens with zero attached hydrogens (tertiary/aromatic N) is 1. The van der Waals surface area contributed by atoms with Gasteiger partial charge in [0, 0.05) is 27.8 Å². The van der Waals surface area contributed by atoms with E-state index in [1.54, 1.807) is 0 Å². The number of fused-ring (bicyclic) bond motifs is 5. The van der Waals surface area contributed by atoms with Crippen LogP contribution in [0.4, 0.5) is 17.1 Å². The van der Waals surface area contributed by atoms with E-state index in [-0.39, 0.29) is 0 Å². The molecule has 10 rings (SSSR count). The number of benzene rings is 9. The van der Waals surface area contributed by atoms with Gasteiger partial charge in [-0.3, -0.25) is 0 Å². The van der Waals surface area contributed by atoms with Gasteiger partial charge in [0.25, 0.3) is 0 Å². The number of rotatable bonds is 7. The average Bonchev–Trinajstić information content (AvgIpc) is 3.64. The molecule has 54 heavy (non-hydrogen) atoms. The molecule has 0 amide bonds. The highest BCUT2D eigenvalue weighted by Crippen LogP contribution is 2.43. The van der Waals surface area contributed by atoms with E-state index >= 15 is 0 Å². The molecule has 0 unspecified atom stereocenters. The Morgan fingerprint density at radius 1 is 0.278 bits per heavy atom. The Morgan fingerprint density at radius 3 is 1.41 bits per heavy atom. The Labute approximate surface area is 314 Å². The summed E-state index contributed by atoms with van der Waals surface area (Å²) in [6, 6.07) is 75.8. The zero-order chi connectivity index (χ0) is 35.8. The van der Waals surface area contributed by atoms with E-state index in [4.69, 9.17) is 4.42 Å². The fourth-order valence-electron chi connectivity index (χ4n) is 7.83. The first-order chi connectivity index (χ1) is 26.8. The van der Waals surface area contributed by atoms with Crippen LogP contribution in [0, 0.1) is 0 Å². The van der Waals surface area contributed by atoms with Gasteiger partial charge >= 0.3 is 0 Å². The van der Waals surface area contributed by atoms with E-state index in [0.717, 1.165) is 44.6 Å². The van der Waals surface area contributed by atoms with E-state index in [1.807, 2.05) is 6.07 Å². The standard InChI is InChI=1S/C52H35NO/c1-4-14-36(15-5-1)40-20-12-22-44(32-40)53(45-23-13-21-41(33-45)37-16-6-2-7-17-37)43-29-26-38(27-30-43)42-28-31-46-49(34-42)48(39-18-8-3-9-19-39)35-51-52(46)47-24-10-11-25-50(47)54-51/h1-35H. The van der Waals surface area contributed by atoms with Gasteiger partial charge in [-0.25, -0.2) is 0 Å². The number of hydrogen-bond acceptors (Lipinski definition) is 2. The minimum absolute atomic E-state index is 0.909. The summed E-state index contributed by atoms with van der Waals surface area (Å²) in [5.41, 5.74) is 14.5. The van der Waals surface area contributed by atoms with E-state index in [2.05, 4.69) is 211 Å². The highest BCUT2D eigenvalue weighted by atomic mass is 16.3. The molecule has 0 N–H and O–H groups in total. The fraction of sp³-hybridized carbons (Fsp3) is 0. The Kier molecular flexibility index (Phi) is 7.85. The average molecular weight is 690 g/mol. The molecular formula is C52H35NO. The molecule has 0 saturated carbocycles. The van der Waals surface area contributed by atoms with Crippen LogP contribution in [-0.2, 0) is 0 Å². The van der Waals surface area contributed by atoms with Crippen LogP contribution < -0.4 is 4.90 Å². The van der Waals surface area contributed by atoms with Gasteiger partial charge in [-0.15, -0.1) is 0 Å². The largest absolute Gasteiger partial charge is 0.456 e.